The van der Waals surface area contributed by atoms with Gasteiger partial charge >= 0.3 is 17.9 Å². The van der Waals surface area contributed by atoms with E-state index in [1.54, 1.807) is 12.2 Å². The Morgan fingerprint density at radius 1 is 1.19 bits per heavy atom. The minimum absolute atomic E-state index is 0.0732. The SMILES string of the molecule is C=C/C(C)=C/C[C@]1(C)[C@H](C)C[C@H](OC(=O)[C@@H](C)CC)[C@@]23C(=C[C@H](O)C[C@@H]12)[C@@H](OC(C)=O)O[C@H]3OC(C)=O. The van der Waals surface area contributed by atoms with E-state index in [4.69, 9.17) is 18.9 Å². The molecule has 0 bridgehead atoms. The largest absolute Gasteiger partial charge is 0.461 e. The smallest absolute Gasteiger partial charge is 0.308 e. The van der Waals surface area contributed by atoms with E-state index < -0.39 is 47.6 Å². The van der Waals surface area contributed by atoms with Crippen molar-refractivity contribution in [3.63, 3.8) is 0 Å². The maximum atomic E-state index is 13.1. The van der Waals surface area contributed by atoms with E-state index in [0.29, 0.717) is 31.3 Å². The molecular weight excluding hydrogens is 476 g/mol. The van der Waals surface area contributed by atoms with Crippen molar-refractivity contribution in [3.8, 4) is 0 Å². The molecule has 1 aliphatic heterocycles. The summed E-state index contributed by atoms with van der Waals surface area (Å²) in [7, 11) is 0. The topological polar surface area (TPSA) is 108 Å². The summed E-state index contributed by atoms with van der Waals surface area (Å²) in [6.07, 6.45) is 3.75. The zero-order valence-corrected chi connectivity index (χ0v) is 23.1. The lowest BCUT2D eigenvalue weighted by molar-refractivity contribution is -0.257. The number of carbonyl (C=O) groups is 3. The zero-order valence-electron chi connectivity index (χ0n) is 23.1. The monoisotopic (exact) mass is 518 g/mol. The van der Waals surface area contributed by atoms with Crippen LogP contribution >= 0.6 is 0 Å². The van der Waals surface area contributed by atoms with Crippen molar-refractivity contribution in [3.05, 3.63) is 36.0 Å². The minimum Gasteiger partial charge on any atom is -0.461 e. The van der Waals surface area contributed by atoms with Crippen LogP contribution < -0.4 is 0 Å². The van der Waals surface area contributed by atoms with E-state index in [0.717, 1.165) is 5.57 Å². The maximum absolute atomic E-state index is 13.1. The molecule has 0 aromatic carbocycles. The van der Waals surface area contributed by atoms with Gasteiger partial charge in [0.1, 0.15) is 11.5 Å². The molecule has 8 nitrogen and oxygen atoms in total. The second-order valence-electron chi connectivity index (χ2n) is 11.2. The molecule has 37 heavy (non-hydrogen) atoms. The first-order valence-electron chi connectivity index (χ1n) is 13.2. The van der Waals surface area contributed by atoms with Gasteiger partial charge in [0.15, 0.2) is 0 Å². The minimum atomic E-state index is -1.17. The van der Waals surface area contributed by atoms with Gasteiger partial charge in [0, 0.05) is 19.4 Å². The number of rotatable bonds is 8. The predicted octanol–water partition coefficient (Wildman–Crippen LogP) is 4.62. The van der Waals surface area contributed by atoms with Crippen molar-refractivity contribution in [2.75, 3.05) is 0 Å². The Morgan fingerprint density at radius 3 is 2.41 bits per heavy atom. The van der Waals surface area contributed by atoms with Crippen molar-refractivity contribution in [1.82, 2.24) is 0 Å². The number of hydrogen-bond donors (Lipinski definition) is 1. The first-order valence-corrected chi connectivity index (χ1v) is 13.2. The van der Waals surface area contributed by atoms with Crippen molar-refractivity contribution < 1.29 is 38.4 Å². The fourth-order valence-corrected chi connectivity index (χ4v) is 6.34. The van der Waals surface area contributed by atoms with E-state index in [9.17, 15) is 19.5 Å². The van der Waals surface area contributed by atoms with Crippen molar-refractivity contribution in [2.24, 2.45) is 28.6 Å². The lowest BCUT2D eigenvalue weighted by Gasteiger charge is -2.60. The van der Waals surface area contributed by atoms with Gasteiger partial charge in [-0.3, -0.25) is 19.1 Å². The van der Waals surface area contributed by atoms with Crippen LogP contribution in [0, 0.1) is 28.6 Å². The molecule has 0 unspecified atom stereocenters. The molecule has 8 heteroatoms. The molecule has 3 aliphatic rings. The van der Waals surface area contributed by atoms with Gasteiger partial charge in [-0.25, -0.2) is 0 Å². The van der Waals surface area contributed by atoms with Gasteiger partial charge in [-0.15, -0.1) is 0 Å². The number of allylic oxidation sites excluding steroid dienone is 3. The fourth-order valence-electron chi connectivity index (χ4n) is 6.34. The second-order valence-corrected chi connectivity index (χ2v) is 11.2. The third-order valence-corrected chi connectivity index (χ3v) is 8.84. The summed E-state index contributed by atoms with van der Waals surface area (Å²) < 4.78 is 23.6. The van der Waals surface area contributed by atoms with E-state index in [1.165, 1.54) is 13.8 Å². The molecule has 206 valence electrons. The van der Waals surface area contributed by atoms with Gasteiger partial charge in [-0.05, 0) is 55.9 Å². The molecule has 1 saturated heterocycles. The van der Waals surface area contributed by atoms with E-state index >= 15 is 0 Å². The highest BCUT2D eigenvalue weighted by molar-refractivity contribution is 5.72. The molecule has 9 atom stereocenters. The summed E-state index contributed by atoms with van der Waals surface area (Å²) in [5.41, 5.74) is -0.0264. The van der Waals surface area contributed by atoms with Crippen LogP contribution in [-0.4, -0.2) is 47.8 Å². The van der Waals surface area contributed by atoms with Gasteiger partial charge in [-0.1, -0.05) is 52.0 Å². The molecule has 3 rings (SSSR count). The number of aliphatic hydroxyl groups is 1. The molecule has 1 heterocycles. The first-order chi connectivity index (χ1) is 17.3. The second kappa shape index (κ2) is 11.1. The van der Waals surface area contributed by atoms with Gasteiger partial charge < -0.3 is 19.3 Å². The van der Waals surface area contributed by atoms with E-state index in [-0.39, 0.29) is 23.7 Å². The Balaban J connectivity index is 2.26. The van der Waals surface area contributed by atoms with Crippen LogP contribution in [-0.2, 0) is 33.3 Å². The lowest BCUT2D eigenvalue weighted by atomic mass is 9.45. The Labute approximate surface area is 220 Å². The maximum Gasteiger partial charge on any atom is 0.308 e. The molecule has 2 fully saturated rings. The highest BCUT2D eigenvalue weighted by Gasteiger charge is 2.72. The molecule has 0 aromatic heterocycles. The number of ether oxygens (including phenoxy) is 4. The number of hydrogen-bond acceptors (Lipinski definition) is 8. The van der Waals surface area contributed by atoms with E-state index in [2.05, 4.69) is 26.5 Å². The molecule has 1 spiro atoms. The number of carbonyl (C=O) groups excluding carboxylic acids is 3. The lowest BCUT2D eigenvalue weighted by Crippen LogP contribution is -2.64. The predicted molar refractivity (Wildman–Crippen MR) is 137 cm³/mol. The zero-order chi connectivity index (χ0) is 27.7. The van der Waals surface area contributed by atoms with Crippen LogP contribution in [0.15, 0.2) is 36.0 Å². The molecule has 1 saturated carbocycles. The van der Waals surface area contributed by atoms with Gasteiger partial charge in [-0.2, -0.15) is 0 Å². The van der Waals surface area contributed by atoms with Gasteiger partial charge in [0.25, 0.3) is 0 Å². The first kappa shape index (κ1) is 29.1. The molecule has 1 N–H and O–H groups in total. The third-order valence-electron chi connectivity index (χ3n) is 8.84. The van der Waals surface area contributed by atoms with Crippen LogP contribution in [0.25, 0.3) is 0 Å². The van der Waals surface area contributed by atoms with Gasteiger partial charge in [0.2, 0.25) is 12.6 Å². The van der Waals surface area contributed by atoms with Crippen LogP contribution in [0.3, 0.4) is 0 Å². The van der Waals surface area contributed by atoms with Crippen molar-refractivity contribution in [2.45, 2.75) is 98.9 Å². The normalized spacial score (nSPS) is 37.9. The molecular formula is C29H42O8. The Kier molecular flexibility index (Phi) is 8.75. The number of aliphatic hydroxyl groups excluding tert-OH is 1. The van der Waals surface area contributed by atoms with Crippen LogP contribution in [0.5, 0.6) is 0 Å². The molecule has 0 radical (unpaired) electrons. The summed E-state index contributed by atoms with van der Waals surface area (Å²) in [5.74, 6) is -2.07. The van der Waals surface area contributed by atoms with Crippen molar-refractivity contribution >= 4 is 17.9 Å². The summed E-state index contributed by atoms with van der Waals surface area (Å²) in [6.45, 7) is 16.4. The Hall–Kier alpha value is -2.45. The highest BCUT2D eigenvalue weighted by atomic mass is 16.8. The van der Waals surface area contributed by atoms with E-state index in [1.807, 2.05) is 20.8 Å². The summed E-state index contributed by atoms with van der Waals surface area (Å²) in [4.78, 5) is 37.4. The van der Waals surface area contributed by atoms with Crippen molar-refractivity contribution in [1.29, 1.82) is 0 Å². The molecule has 0 amide bonds. The average molecular weight is 519 g/mol. The Morgan fingerprint density at radius 2 is 1.84 bits per heavy atom. The van der Waals surface area contributed by atoms with Crippen LogP contribution in [0.2, 0.25) is 0 Å². The number of esters is 3. The molecule has 2 aliphatic carbocycles. The average Bonchev–Trinajstić information content (AvgIpc) is 3.11. The quantitative estimate of drug-likeness (QED) is 0.215. The van der Waals surface area contributed by atoms with Crippen LogP contribution in [0.1, 0.15) is 74.1 Å². The Bertz CT molecular complexity index is 982. The van der Waals surface area contributed by atoms with Gasteiger partial charge in [0.05, 0.1) is 12.0 Å². The standard InChI is InChI=1S/C29H42O8/c1-9-16(3)11-12-28(8)18(5)13-24(36-25(33)17(4)10-2)29-22(14-21(32)15-23(28)29)26(34-19(6)30)37-27(29)35-20(7)31/h9,11,14,17-18,21,23-24,26-27,32H,1,10,12-13,15H2,2-8H3/b16-11+/t17-,18+,21-,23-,24-,26-,27+,28+,29+/m0/s1. The van der Waals surface area contributed by atoms with Crippen LogP contribution in [0.4, 0.5) is 0 Å². The highest BCUT2D eigenvalue weighted by Crippen LogP contribution is 2.67. The summed E-state index contributed by atoms with van der Waals surface area (Å²) in [6, 6.07) is 0. The molecule has 0 aromatic rings. The third kappa shape index (κ3) is 5.28. The summed E-state index contributed by atoms with van der Waals surface area (Å²) >= 11 is 0. The fraction of sp³-hybridized carbons (Fsp3) is 0.690. The summed E-state index contributed by atoms with van der Waals surface area (Å²) in [5, 5.41) is 11.0.